The molecule has 0 bridgehead atoms. The Morgan fingerprint density at radius 3 is 2.64 bits per heavy atom. The smallest absolute Gasteiger partial charge is 0.410 e. The summed E-state index contributed by atoms with van der Waals surface area (Å²) in [6.45, 7) is 9.90. The molecule has 2 rings (SSSR count). The molecule has 0 radical (unpaired) electrons. The second kappa shape index (κ2) is 7.91. The molecule has 5 heteroatoms. The number of hydrogen-bond acceptors (Lipinski definition) is 4. The molecule has 0 spiro atoms. The molecular weight excluding hydrogens is 296 g/mol. The van der Waals surface area contributed by atoms with E-state index in [4.69, 9.17) is 4.74 Å². The minimum Gasteiger partial charge on any atom is -0.444 e. The van der Waals surface area contributed by atoms with Gasteiger partial charge < -0.3 is 15.0 Å². The molecule has 2 aliphatic rings. The lowest BCUT2D eigenvalue weighted by molar-refractivity contribution is 0.0231. The Kier molecular flexibility index (Phi) is 6.45. The highest BCUT2D eigenvalue weighted by Crippen LogP contribution is 2.28. The van der Waals surface area contributed by atoms with Gasteiger partial charge in [-0.25, -0.2) is 4.79 Å². The Labute approximate surface area is 139 Å². The summed E-state index contributed by atoms with van der Waals surface area (Å²) in [5.41, 5.74) is -0.406. The summed E-state index contributed by atoms with van der Waals surface area (Å²) in [5, 5.41) is 4.38. The van der Waals surface area contributed by atoms with Gasteiger partial charge >= 0.3 is 6.09 Å². The van der Waals surface area contributed by atoms with Crippen molar-refractivity contribution in [1.29, 1.82) is 0 Å². The van der Waals surface area contributed by atoms with E-state index in [0.717, 1.165) is 32.4 Å². The van der Waals surface area contributed by atoms with Gasteiger partial charge in [0.15, 0.2) is 0 Å². The Bertz CT molecular complexity index is 366. The number of amides is 1. The van der Waals surface area contributed by atoms with Crippen molar-refractivity contribution >= 4 is 17.9 Å². The summed E-state index contributed by atoms with van der Waals surface area (Å²) in [4.78, 5) is 14.2. The molecule has 22 heavy (non-hydrogen) atoms. The van der Waals surface area contributed by atoms with Crippen LogP contribution in [0.5, 0.6) is 0 Å². The van der Waals surface area contributed by atoms with Crippen molar-refractivity contribution in [3.63, 3.8) is 0 Å². The number of thioether (sulfide) groups is 1. The van der Waals surface area contributed by atoms with Crippen LogP contribution in [0.1, 0.15) is 59.8 Å². The average Bonchev–Trinajstić information content (AvgIpc) is 3.23. The van der Waals surface area contributed by atoms with Gasteiger partial charge in [-0.2, -0.15) is 11.8 Å². The molecule has 1 amide bonds. The Hall–Kier alpha value is -0.420. The van der Waals surface area contributed by atoms with Crippen molar-refractivity contribution in [2.75, 3.05) is 18.8 Å². The topological polar surface area (TPSA) is 41.6 Å². The summed E-state index contributed by atoms with van der Waals surface area (Å²) in [7, 11) is 0. The Morgan fingerprint density at radius 2 is 2.05 bits per heavy atom. The Balaban J connectivity index is 1.69. The van der Waals surface area contributed by atoms with Crippen LogP contribution < -0.4 is 5.32 Å². The lowest BCUT2D eigenvalue weighted by Crippen LogP contribution is -2.42. The molecule has 1 aliphatic heterocycles. The molecule has 0 aromatic heterocycles. The molecular formula is C17H32N2O2S. The van der Waals surface area contributed by atoms with Crippen LogP contribution in [-0.2, 0) is 4.74 Å². The zero-order valence-corrected chi connectivity index (χ0v) is 15.4. The van der Waals surface area contributed by atoms with Crippen molar-refractivity contribution < 1.29 is 9.53 Å². The molecule has 1 aliphatic carbocycles. The maximum absolute atomic E-state index is 12.3. The third kappa shape index (κ3) is 5.99. The van der Waals surface area contributed by atoms with E-state index in [0.29, 0.717) is 17.3 Å². The van der Waals surface area contributed by atoms with Crippen LogP contribution in [0.3, 0.4) is 0 Å². The molecule has 0 aromatic carbocycles. The predicted molar refractivity (Wildman–Crippen MR) is 93.5 cm³/mol. The van der Waals surface area contributed by atoms with Gasteiger partial charge in [0.2, 0.25) is 0 Å². The lowest BCUT2D eigenvalue weighted by Gasteiger charge is -2.30. The van der Waals surface area contributed by atoms with Gasteiger partial charge in [-0.05, 0) is 65.2 Å². The van der Waals surface area contributed by atoms with Gasteiger partial charge in [0.1, 0.15) is 5.60 Å². The summed E-state index contributed by atoms with van der Waals surface area (Å²) in [6.07, 6.45) is 5.72. The van der Waals surface area contributed by atoms with Gasteiger partial charge in [-0.1, -0.05) is 6.92 Å². The SMILES string of the molecule is CC1SCCCC1NCCCN(C(=O)OC(C)(C)C)C1CC1. The third-order valence-electron chi connectivity index (χ3n) is 4.20. The molecule has 1 saturated heterocycles. The lowest BCUT2D eigenvalue weighted by atomic mass is 10.1. The first-order valence-electron chi connectivity index (χ1n) is 8.71. The fourth-order valence-corrected chi connectivity index (χ4v) is 4.03. The average molecular weight is 329 g/mol. The second-order valence-electron chi connectivity index (χ2n) is 7.54. The zero-order chi connectivity index (χ0) is 16.2. The highest BCUT2D eigenvalue weighted by molar-refractivity contribution is 7.99. The van der Waals surface area contributed by atoms with E-state index in [-0.39, 0.29) is 6.09 Å². The fourth-order valence-electron chi connectivity index (χ4n) is 2.86. The first-order chi connectivity index (χ1) is 10.4. The third-order valence-corrected chi connectivity index (χ3v) is 5.58. The van der Waals surface area contributed by atoms with E-state index in [2.05, 4.69) is 24.0 Å². The van der Waals surface area contributed by atoms with Crippen LogP contribution in [0, 0.1) is 0 Å². The van der Waals surface area contributed by atoms with E-state index in [9.17, 15) is 4.79 Å². The van der Waals surface area contributed by atoms with Crippen LogP contribution in [0.4, 0.5) is 4.79 Å². The van der Waals surface area contributed by atoms with E-state index >= 15 is 0 Å². The summed E-state index contributed by atoms with van der Waals surface area (Å²) in [5.74, 6) is 1.30. The Morgan fingerprint density at radius 1 is 1.32 bits per heavy atom. The normalized spacial score (nSPS) is 25.8. The fraction of sp³-hybridized carbons (Fsp3) is 0.941. The van der Waals surface area contributed by atoms with E-state index in [1.807, 2.05) is 25.7 Å². The standard InChI is InChI=1S/C17H32N2O2S/c1-13-15(7-5-12-22-13)18-10-6-11-19(14-8-9-14)16(20)21-17(2,3)4/h13-15,18H,5-12H2,1-4H3. The molecule has 1 heterocycles. The van der Waals surface area contributed by atoms with Crippen molar-refractivity contribution in [3.8, 4) is 0 Å². The van der Waals surface area contributed by atoms with Gasteiger partial charge in [-0.15, -0.1) is 0 Å². The molecule has 0 aromatic rings. The van der Waals surface area contributed by atoms with Gasteiger partial charge in [0.25, 0.3) is 0 Å². The van der Waals surface area contributed by atoms with Crippen LogP contribution in [0.15, 0.2) is 0 Å². The van der Waals surface area contributed by atoms with Gasteiger partial charge in [0, 0.05) is 23.9 Å². The number of hydrogen-bond donors (Lipinski definition) is 1. The van der Waals surface area contributed by atoms with E-state index in [1.54, 1.807) is 0 Å². The number of rotatable bonds is 6. The minimum absolute atomic E-state index is 0.142. The predicted octanol–water partition coefficient (Wildman–Crippen LogP) is 3.65. The van der Waals surface area contributed by atoms with Crippen molar-refractivity contribution in [1.82, 2.24) is 10.2 Å². The number of nitrogens with one attached hydrogen (secondary N) is 1. The minimum atomic E-state index is -0.406. The van der Waals surface area contributed by atoms with Crippen LogP contribution in [0.25, 0.3) is 0 Å². The van der Waals surface area contributed by atoms with E-state index in [1.165, 1.54) is 18.6 Å². The monoisotopic (exact) mass is 328 g/mol. The number of nitrogens with zero attached hydrogens (tertiary/aromatic N) is 1. The maximum Gasteiger partial charge on any atom is 0.410 e. The van der Waals surface area contributed by atoms with E-state index < -0.39 is 5.60 Å². The first-order valence-corrected chi connectivity index (χ1v) is 9.76. The highest BCUT2D eigenvalue weighted by Gasteiger charge is 2.34. The summed E-state index contributed by atoms with van der Waals surface area (Å²) < 4.78 is 5.53. The molecule has 128 valence electrons. The molecule has 2 atom stereocenters. The maximum atomic E-state index is 12.3. The van der Waals surface area contributed by atoms with Crippen LogP contribution in [-0.4, -0.2) is 52.8 Å². The highest BCUT2D eigenvalue weighted by atomic mass is 32.2. The largest absolute Gasteiger partial charge is 0.444 e. The van der Waals surface area contributed by atoms with Gasteiger partial charge in [-0.3, -0.25) is 0 Å². The zero-order valence-electron chi connectivity index (χ0n) is 14.6. The van der Waals surface area contributed by atoms with Crippen LogP contribution >= 0.6 is 11.8 Å². The molecule has 4 nitrogen and oxygen atoms in total. The molecule has 2 fully saturated rings. The number of ether oxygens (including phenoxy) is 1. The number of carbonyl (C=O) groups is 1. The quantitative estimate of drug-likeness (QED) is 0.756. The van der Waals surface area contributed by atoms with Crippen molar-refractivity contribution in [2.45, 2.75) is 82.7 Å². The second-order valence-corrected chi connectivity index (χ2v) is 9.02. The molecule has 1 N–H and O–H groups in total. The van der Waals surface area contributed by atoms with Crippen molar-refractivity contribution in [3.05, 3.63) is 0 Å². The first kappa shape index (κ1) is 17.9. The van der Waals surface area contributed by atoms with Gasteiger partial charge in [0.05, 0.1) is 0 Å². The molecule has 1 saturated carbocycles. The molecule has 2 unspecified atom stereocenters. The van der Waals surface area contributed by atoms with Crippen molar-refractivity contribution in [2.24, 2.45) is 0 Å². The number of carbonyl (C=O) groups excluding carboxylic acids is 1. The summed E-state index contributed by atoms with van der Waals surface area (Å²) in [6, 6.07) is 1.05. The summed E-state index contributed by atoms with van der Waals surface area (Å²) >= 11 is 2.07. The van der Waals surface area contributed by atoms with Crippen LogP contribution in [0.2, 0.25) is 0 Å².